The Hall–Kier alpha value is -7.24. The number of aryl methyl sites for hydroxylation is 2. The van der Waals surface area contributed by atoms with Gasteiger partial charge >= 0.3 is 12.3 Å². The van der Waals surface area contributed by atoms with Crippen LogP contribution in [0.2, 0.25) is 0 Å². The molecule has 4 heterocycles. The molecule has 434 valence electrons. The van der Waals surface area contributed by atoms with Gasteiger partial charge in [-0.3, -0.25) is 0 Å². The number of aromatic nitrogens is 4. The van der Waals surface area contributed by atoms with Crippen molar-refractivity contribution in [1.29, 1.82) is 0 Å². The predicted octanol–water partition coefficient (Wildman–Crippen LogP) is 11.6. The zero-order chi connectivity index (χ0) is 57.8. The van der Waals surface area contributed by atoms with Crippen LogP contribution in [0, 0.1) is 0 Å². The number of carbonyl (C=O) groups excluding carboxylic acids is 4. The van der Waals surface area contributed by atoms with E-state index in [-0.39, 0.29) is 46.1 Å². The van der Waals surface area contributed by atoms with Crippen molar-refractivity contribution in [2.45, 2.75) is 122 Å². The van der Waals surface area contributed by atoms with Crippen LogP contribution in [0.15, 0.2) is 91.0 Å². The highest BCUT2D eigenvalue weighted by molar-refractivity contribution is 5.93. The van der Waals surface area contributed by atoms with Gasteiger partial charge in [-0.25, -0.2) is 9.97 Å². The Morgan fingerprint density at radius 1 is 0.531 bits per heavy atom. The number of benzene rings is 3. The van der Waals surface area contributed by atoms with Crippen LogP contribution in [-0.2, 0) is 75.4 Å². The van der Waals surface area contributed by atoms with Gasteiger partial charge in [0.05, 0.1) is 31.2 Å². The minimum absolute atomic E-state index is 0.0300. The van der Waals surface area contributed by atoms with Gasteiger partial charge in [0.25, 0.3) is 0 Å². The largest absolute Gasteiger partial charge is 0.467 e. The van der Waals surface area contributed by atoms with Crippen molar-refractivity contribution in [1.82, 2.24) is 19.1 Å². The fourth-order valence-electron chi connectivity index (χ4n) is 10.9. The molecule has 2 fully saturated rings. The number of ether oxygens (including phenoxy) is 9. The fraction of sp³-hybridized carbons (Fsp3) is 0.460. The monoisotopic (exact) mass is 1110 g/mol. The number of rotatable bonds is 25. The van der Waals surface area contributed by atoms with Gasteiger partial charge in [0.15, 0.2) is 27.2 Å². The van der Waals surface area contributed by atoms with Crippen molar-refractivity contribution in [2.75, 3.05) is 68.8 Å². The topological polar surface area (TPSA) is 207 Å². The molecule has 9 rings (SSSR count). The van der Waals surface area contributed by atoms with Crippen molar-refractivity contribution < 1.29 is 66.9 Å². The van der Waals surface area contributed by atoms with Crippen molar-refractivity contribution in [3.05, 3.63) is 119 Å². The summed E-state index contributed by atoms with van der Waals surface area (Å²) in [5.74, 6) is 3.63. The molecule has 0 spiro atoms. The van der Waals surface area contributed by atoms with E-state index in [1.165, 1.54) is 78.8 Å². The molecule has 0 unspecified atom stereocenters. The minimum Gasteiger partial charge on any atom is -0.467 e. The predicted molar refractivity (Wildman–Crippen MR) is 304 cm³/mol. The van der Waals surface area contributed by atoms with Crippen LogP contribution >= 0.6 is 0 Å². The molecule has 0 aliphatic heterocycles. The lowest BCUT2D eigenvalue weighted by molar-refractivity contribution is -0.193. The Bertz CT molecular complexity index is 3070. The highest BCUT2D eigenvalue weighted by Crippen LogP contribution is 2.48. The summed E-state index contributed by atoms with van der Waals surface area (Å²) in [7, 11) is 6.45. The maximum Gasteiger partial charge on any atom is 0.373 e. The third-order valence-corrected chi connectivity index (χ3v) is 14.4. The summed E-state index contributed by atoms with van der Waals surface area (Å²) in [5.41, 5.74) is 12.1. The van der Waals surface area contributed by atoms with E-state index in [2.05, 4.69) is 65.4 Å². The number of pyridine rings is 2. The maximum absolute atomic E-state index is 10.0. The number of aliphatic hydroxyl groups is 1. The highest BCUT2D eigenvalue weighted by Gasteiger charge is 2.31. The smallest absolute Gasteiger partial charge is 0.373 e. The van der Waals surface area contributed by atoms with Crippen LogP contribution in [0.3, 0.4) is 0 Å². The third-order valence-electron chi connectivity index (χ3n) is 14.4. The SMILES string of the molecule is CCc1ccc2c(C3CCCCC3)c(-c3ccc(OCOC)cc3OCOC)n(CCO)c2n1.CCc1ccc2c(C3CCCCC3)c(-c3ccc(OCOC)cc3OCOC)n(CCOCc3ccccc3)c2n1.O=C=O.O=C=O. The Morgan fingerprint density at radius 2 is 0.951 bits per heavy atom. The second-order valence-electron chi connectivity index (χ2n) is 19.5. The number of nitrogens with zero attached hydrogens (tertiary/aromatic N) is 4. The summed E-state index contributed by atoms with van der Waals surface area (Å²) < 4.78 is 55.1. The molecule has 81 heavy (non-hydrogen) atoms. The van der Waals surface area contributed by atoms with Crippen LogP contribution in [-0.4, -0.2) is 105 Å². The van der Waals surface area contributed by atoms with E-state index < -0.39 is 0 Å². The van der Waals surface area contributed by atoms with E-state index in [9.17, 15) is 5.11 Å². The first kappa shape index (κ1) is 62.9. The van der Waals surface area contributed by atoms with Gasteiger partial charge in [-0.1, -0.05) is 82.7 Å². The third kappa shape index (κ3) is 16.9. The van der Waals surface area contributed by atoms with Crippen LogP contribution in [0.5, 0.6) is 23.0 Å². The number of aliphatic hydroxyl groups excluding tert-OH is 1. The Kier molecular flexibility index (Phi) is 26.5. The molecular formula is C63H78N4O14. The quantitative estimate of drug-likeness (QED) is 0.0417. The molecule has 2 saturated carbocycles. The van der Waals surface area contributed by atoms with Crippen LogP contribution in [0.4, 0.5) is 0 Å². The molecule has 1 N–H and O–H groups in total. The Morgan fingerprint density at radius 3 is 1.36 bits per heavy atom. The molecule has 4 aromatic heterocycles. The summed E-state index contributed by atoms with van der Waals surface area (Å²) in [6, 6.07) is 31.0. The first-order valence-corrected chi connectivity index (χ1v) is 27.8. The molecule has 0 amide bonds. The second kappa shape index (κ2) is 34.1. The van der Waals surface area contributed by atoms with E-state index in [0.29, 0.717) is 61.1 Å². The lowest BCUT2D eigenvalue weighted by Gasteiger charge is -2.24. The Labute approximate surface area is 474 Å². The van der Waals surface area contributed by atoms with Gasteiger partial charge < -0.3 is 56.9 Å². The zero-order valence-corrected chi connectivity index (χ0v) is 47.7. The number of methoxy groups -OCH3 is 4. The first-order chi connectivity index (χ1) is 39.8. The van der Waals surface area contributed by atoms with Crippen molar-refractivity contribution >= 4 is 34.4 Å². The molecule has 0 atom stereocenters. The molecule has 0 bridgehead atoms. The molecule has 2 aliphatic carbocycles. The lowest BCUT2D eigenvalue weighted by Crippen LogP contribution is -2.11. The summed E-state index contributed by atoms with van der Waals surface area (Å²) in [6.45, 7) is 7.17. The van der Waals surface area contributed by atoms with E-state index in [0.717, 1.165) is 70.9 Å². The summed E-state index contributed by atoms with van der Waals surface area (Å²) in [4.78, 5) is 42.7. The Balaban J connectivity index is 0.000000241. The van der Waals surface area contributed by atoms with E-state index in [1.807, 2.05) is 48.5 Å². The van der Waals surface area contributed by atoms with Gasteiger partial charge in [0.2, 0.25) is 0 Å². The van der Waals surface area contributed by atoms with Gasteiger partial charge in [-0.2, -0.15) is 19.2 Å². The highest BCUT2D eigenvalue weighted by atomic mass is 16.7. The van der Waals surface area contributed by atoms with E-state index in [1.54, 1.807) is 28.4 Å². The van der Waals surface area contributed by atoms with Crippen LogP contribution < -0.4 is 18.9 Å². The molecule has 7 aromatic rings. The number of hydrogen-bond acceptors (Lipinski definition) is 16. The van der Waals surface area contributed by atoms with Gasteiger partial charge in [0, 0.05) is 86.9 Å². The normalized spacial score (nSPS) is 13.4. The molecule has 0 saturated heterocycles. The lowest BCUT2D eigenvalue weighted by atomic mass is 9.82. The van der Waals surface area contributed by atoms with Gasteiger partial charge in [0.1, 0.15) is 34.3 Å². The standard InChI is InChI=1S/C34H42N2O5.C27H36N2O5.2CO2/c1-4-27-15-17-30-32(26-13-9-6-10-14-26)33(29-18-16-28(40-23-37-2)21-31(29)41-24-38-3)36(34(30)35-27)19-20-39-22-25-11-7-5-8-12-25;1-4-20-10-12-23-25(19-8-6-5-7-9-19)26(29(14-15-30)27(23)28-20)22-13-11-21(33-17-31-2)16-24(22)34-18-32-3;2*2-1-3/h5,7-8,11-12,15-18,21,26H,4,6,9-10,13-14,19-20,22-24H2,1-3H3;10-13,16,19,30H,4-9,14-15,17-18H2,1-3H3;;. The van der Waals surface area contributed by atoms with Crippen LogP contribution in [0.25, 0.3) is 44.6 Å². The molecule has 2 aliphatic rings. The molecule has 18 nitrogen and oxygen atoms in total. The van der Waals surface area contributed by atoms with Crippen LogP contribution in [0.1, 0.15) is 118 Å². The maximum atomic E-state index is 10.0. The fourth-order valence-corrected chi connectivity index (χ4v) is 10.9. The minimum atomic E-state index is 0.0300. The summed E-state index contributed by atoms with van der Waals surface area (Å²) >= 11 is 0. The van der Waals surface area contributed by atoms with Crippen molar-refractivity contribution in [2.24, 2.45) is 0 Å². The molecule has 3 aromatic carbocycles. The number of fused-ring (bicyclic) bond motifs is 2. The van der Waals surface area contributed by atoms with E-state index >= 15 is 0 Å². The first-order valence-electron chi connectivity index (χ1n) is 27.8. The average Bonchev–Trinajstić information content (AvgIpc) is 4.25. The summed E-state index contributed by atoms with van der Waals surface area (Å²) in [6.07, 6.45) is 14.4. The van der Waals surface area contributed by atoms with E-state index in [4.69, 9.17) is 71.8 Å². The summed E-state index contributed by atoms with van der Waals surface area (Å²) in [5, 5.41) is 12.4. The van der Waals surface area contributed by atoms with Crippen molar-refractivity contribution in [3.63, 3.8) is 0 Å². The van der Waals surface area contributed by atoms with Crippen molar-refractivity contribution in [3.8, 4) is 45.5 Å². The number of hydrogen-bond donors (Lipinski definition) is 1. The van der Waals surface area contributed by atoms with Gasteiger partial charge in [-0.15, -0.1) is 0 Å². The molecule has 18 heteroatoms. The second-order valence-corrected chi connectivity index (χ2v) is 19.5. The molecule has 0 radical (unpaired) electrons. The van der Waals surface area contributed by atoms with Gasteiger partial charge in [-0.05, 0) is 116 Å². The average molecular weight is 1120 g/mol. The zero-order valence-electron chi connectivity index (χ0n) is 47.7. The molecular weight excluding hydrogens is 1040 g/mol.